The summed E-state index contributed by atoms with van der Waals surface area (Å²) in [5.74, 6) is 0. The van der Waals surface area contributed by atoms with Crippen molar-refractivity contribution in [1.82, 2.24) is 9.13 Å². The van der Waals surface area contributed by atoms with Gasteiger partial charge in [0, 0.05) is 57.1 Å². The first-order valence-corrected chi connectivity index (χ1v) is 18.3. The molecular weight excluding hydrogens is 675 g/mol. The van der Waals surface area contributed by atoms with Crippen molar-refractivity contribution in [3.63, 3.8) is 0 Å². The van der Waals surface area contributed by atoms with E-state index >= 15 is 0 Å². The highest BCUT2D eigenvalue weighted by Gasteiger charge is 2.22. The van der Waals surface area contributed by atoms with E-state index in [0.29, 0.717) is 17.1 Å². The third-order valence-corrected chi connectivity index (χ3v) is 12.7. The lowest BCUT2D eigenvalue weighted by Crippen LogP contribution is -1.94. The molecule has 0 N–H and O–H groups in total. The molecule has 0 spiro atoms. The first-order chi connectivity index (χ1) is 25.6. The second-order valence-corrected chi connectivity index (χ2v) is 15.1. The van der Waals surface area contributed by atoms with Crippen molar-refractivity contribution in [2.75, 3.05) is 0 Å². The quantitative estimate of drug-likeness (QED) is 0.161. The van der Waals surface area contributed by atoms with Crippen LogP contribution >= 0.6 is 22.7 Å². The molecule has 7 heteroatoms. The van der Waals surface area contributed by atoms with Gasteiger partial charge in [-0.3, -0.25) is 0 Å². The van der Waals surface area contributed by atoms with E-state index in [2.05, 4.69) is 121 Å². The van der Waals surface area contributed by atoms with E-state index in [1.165, 1.54) is 20.2 Å². The average molecular weight is 696 g/mol. The number of benzene rings is 7. The predicted molar refractivity (Wildman–Crippen MR) is 220 cm³/mol. The van der Waals surface area contributed by atoms with Gasteiger partial charge in [-0.1, -0.05) is 60.7 Å². The fourth-order valence-electron chi connectivity index (χ4n) is 8.16. The van der Waals surface area contributed by atoms with Crippen molar-refractivity contribution >= 4 is 124 Å². The normalized spacial score (nSPS) is 11.8. The zero-order valence-corrected chi connectivity index (χ0v) is 28.8. The minimum absolute atomic E-state index is 0.613. The minimum atomic E-state index is 0.613. The van der Waals surface area contributed by atoms with Gasteiger partial charge in [0.2, 0.25) is 11.4 Å². The van der Waals surface area contributed by atoms with Crippen LogP contribution in [0.5, 0.6) is 0 Å². The fourth-order valence-corrected chi connectivity index (χ4v) is 10.4. The Morgan fingerprint density at radius 2 is 1.06 bits per heavy atom. The van der Waals surface area contributed by atoms with E-state index in [0.717, 1.165) is 75.2 Å². The first kappa shape index (κ1) is 28.8. The number of para-hydroxylation sites is 2. The van der Waals surface area contributed by atoms with Crippen LogP contribution in [0.1, 0.15) is 0 Å². The summed E-state index contributed by atoms with van der Waals surface area (Å²) in [7, 11) is 0. The van der Waals surface area contributed by atoms with Gasteiger partial charge in [-0.2, -0.15) is 11.3 Å². The van der Waals surface area contributed by atoms with Gasteiger partial charge in [0.05, 0.1) is 41.8 Å². The van der Waals surface area contributed by atoms with Crippen LogP contribution in [0.15, 0.2) is 127 Å². The maximum absolute atomic E-state index is 8.13. The fraction of sp³-hybridized carbons (Fsp3) is 0. The molecule has 0 saturated carbocycles. The number of thiophene rings is 2. The number of nitrogens with zero attached hydrogens (tertiary/aromatic N) is 5. The van der Waals surface area contributed by atoms with Gasteiger partial charge in [0.1, 0.15) is 0 Å². The Hall–Kier alpha value is -6.95. The van der Waals surface area contributed by atoms with Crippen molar-refractivity contribution in [3.8, 4) is 11.4 Å². The molecule has 0 aliphatic rings. The third-order valence-electron chi connectivity index (χ3n) is 10.3. The average Bonchev–Trinajstić information content (AvgIpc) is 3.94. The number of rotatable bonds is 2. The van der Waals surface area contributed by atoms with Gasteiger partial charge in [0.25, 0.3) is 0 Å². The standard InChI is InChI=1S/C45H21N5S2/c1-46-25-15-18-39-31(21-25)28-9-4-6-13-37(28)49(39)26-16-19-40-32(22-26)33-23-27(17-20-41(33)51-40)50-38-14-7-5-10-29(38)34-24-36(48-3)45-42(43(34)50)30-11-8-12-35(47-2)44(30)52-45/h4-24H. The van der Waals surface area contributed by atoms with Gasteiger partial charge >= 0.3 is 0 Å². The lowest BCUT2D eigenvalue weighted by atomic mass is 10.1. The Bertz CT molecular complexity index is 3520. The first-order valence-electron chi connectivity index (χ1n) is 16.7. The summed E-state index contributed by atoms with van der Waals surface area (Å²) in [5.41, 5.74) is 8.30. The second kappa shape index (κ2) is 10.5. The van der Waals surface area contributed by atoms with E-state index in [1.54, 1.807) is 22.7 Å². The molecule has 5 nitrogen and oxygen atoms in total. The lowest BCUT2D eigenvalue weighted by molar-refractivity contribution is 1.19. The Kier molecular flexibility index (Phi) is 5.84. The van der Waals surface area contributed by atoms with E-state index in [-0.39, 0.29) is 0 Å². The summed E-state index contributed by atoms with van der Waals surface area (Å²) in [6.45, 7) is 23.6. The second-order valence-electron chi connectivity index (χ2n) is 13.0. The van der Waals surface area contributed by atoms with Crippen LogP contribution in [0.25, 0.3) is 110 Å². The highest BCUT2D eigenvalue weighted by Crippen LogP contribution is 2.50. The molecule has 52 heavy (non-hydrogen) atoms. The van der Waals surface area contributed by atoms with Crippen LogP contribution < -0.4 is 0 Å². The van der Waals surface area contributed by atoms with Gasteiger partial charge in [0.15, 0.2) is 5.69 Å². The zero-order chi connectivity index (χ0) is 34.7. The molecule has 0 atom stereocenters. The van der Waals surface area contributed by atoms with Gasteiger partial charge in [-0.25, -0.2) is 14.5 Å². The SMILES string of the molecule is [C-]#[N+]c1ccc2c(c1)c1ccccc1n2-c1ccc2sc3ccc(-n4c5ccccc5c5cc([N+]#[C-])c6sc7c([N+]#[C-])cccc7c6c54)cc3c2c1. The van der Waals surface area contributed by atoms with E-state index in [9.17, 15) is 0 Å². The topological polar surface area (TPSA) is 22.9 Å². The minimum Gasteiger partial charge on any atom is -0.309 e. The molecule has 0 bridgehead atoms. The van der Waals surface area contributed by atoms with Crippen LogP contribution in [0, 0.1) is 19.7 Å². The molecule has 0 amide bonds. The van der Waals surface area contributed by atoms with Gasteiger partial charge in [-0.15, -0.1) is 11.3 Å². The molecule has 4 heterocycles. The molecule has 0 saturated heterocycles. The number of hydrogen-bond donors (Lipinski definition) is 0. The van der Waals surface area contributed by atoms with Crippen LogP contribution in [0.2, 0.25) is 0 Å². The van der Waals surface area contributed by atoms with Crippen molar-refractivity contribution in [3.05, 3.63) is 162 Å². The summed E-state index contributed by atoms with van der Waals surface area (Å²) in [5, 5.41) is 8.73. The number of fused-ring (bicyclic) bond motifs is 13. The predicted octanol–water partition coefficient (Wildman–Crippen LogP) is 14.3. The Morgan fingerprint density at radius 3 is 1.77 bits per heavy atom. The Morgan fingerprint density at radius 1 is 0.423 bits per heavy atom. The molecular formula is C45H21N5S2. The van der Waals surface area contributed by atoms with Crippen LogP contribution in [-0.4, -0.2) is 9.13 Å². The van der Waals surface area contributed by atoms with Crippen LogP contribution in [0.4, 0.5) is 17.1 Å². The van der Waals surface area contributed by atoms with E-state index < -0.39 is 0 Å². The monoisotopic (exact) mass is 695 g/mol. The molecule has 0 aliphatic heterocycles. The van der Waals surface area contributed by atoms with Crippen molar-refractivity contribution in [2.24, 2.45) is 0 Å². The van der Waals surface area contributed by atoms with Gasteiger partial charge in [-0.05, 0) is 82.9 Å². The maximum atomic E-state index is 8.13. The van der Waals surface area contributed by atoms with Crippen LogP contribution in [0.3, 0.4) is 0 Å². The maximum Gasteiger partial charge on any atom is 0.205 e. The molecule has 0 fully saturated rings. The molecule has 11 aromatic rings. The van der Waals surface area contributed by atoms with E-state index in [4.69, 9.17) is 19.7 Å². The molecule has 0 unspecified atom stereocenters. The summed E-state index contributed by atoms with van der Waals surface area (Å²) in [6, 6.07) is 44.2. The number of hydrogen-bond acceptors (Lipinski definition) is 2. The summed E-state index contributed by atoms with van der Waals surface area (Å²) >= 11 is 3.34. The van der Waals surface area contributed by atoms with Crippen LogP contribution in [-0.2, 0) is 0 Å². The van der Waals surface area contributed by atoms with Crippen molar-refractivity contribution < 1.29 is 0 Å². The summed E-state index contributed by atoms with van der Waals surface area (Å²) in [6.07, 6.45) is 0. The van der Waals surface area contributed by atoms with Crippen molar-refractivity contribution in [1.29, 1.82) is 0 Å². The van der Waals surface area contributed by atoms with Gasteiger partial charge < -0.3 is 9.13 Å². The Balaban J connectivity index is 1.22. The number of aromatic nitrogens is 2. The third kappa shape index (κ3) is 3.77. The van der Waals surface area contributed by atoms with E-state index in [1.807, 2.05) is 30.3 Å². The molecule has 11 rings (SSSR count). The highest BCUT2D eigenvalue weighted by atomic mass is 32.1. The summed E-state index contributed by atoms with van der Waals surface area (Å²) < 4.78 is 8.93. The molecule has 4 aromatic heterocycles. The molecule has 238 valence electrons. The van der Waals surface area contributed by atoms with Crippen molar-refractivity contribution in [2.45, 2.75) is 0 Å². The molecule has 0 radical (unpaired) electrons. The summed E-state index contributed by atoms with van der Waals surface area (Å²) in [4.78, 5) is 11.5. The zero-order valence-electron chi connectivity index (χ0n) is 27.2. The lowest BCUT2D eigenvalue weighted by Gasteiger charge is -2.11. The highest BCUT2D eigenvalue weighted by molar-refractivity contribution is 7.27. The Labute approximate surface area is 304 Å². The largest absolute Gasteiger partial charge is 0.309 e. The smallest absolute Gasteiger partial charge is 0.205 e. The molecule has 7 aromatic carbocycles. The molecule has 0 aliphatic carbocycles.